The van der Waals surface area contributed by atoms with Gasteiger partial charge >= 0.3 is 6.18 Å². The van der Waals surface area contributed by atoms with Crippen molar-refractivity contribution >= 4 is 34.6 Å². The smallest absolute Gasteiger partial charge is 0.360 e. The summed E-state index contributed by atoms with van der Waals surface area (Å²) in [4.78, 5) is 26.6. The van der Waals surface area contributed by atoms with Crippen molar-refractivity contribution in [3.63, 3.8) is 0 Å². The molecule has 2 N–H and O–H groups in total. The Labute approximate surface area is 232 Å². The Morgan fingerprint density at radius 1 is 1.10 bits per heavy atom. The lowest BCUT2D eigenvalue weighted by molar-refractivity contribution is -0.137. The van der Waals surface area contributed by atoms with Gasteiger partial charge < -0.3 is 15.2 Å². The van der Waals surface area contributed by atoms with Crippen molar-refractivity contribution in [2.24, 2.45) is 4.99 Å². The molecule has 1 unspecified atom stereocenters. The number of alkyl halides is 3. The maximum atomic E-state index is 13.7. The summed E-state index contributed by atoms with van der Waals surface area (Å²) in [6, 6.07) is 13.1. The number of halogens is 5. The number of carbonyl (C=O) groups excluding carboxylic acids is 1. The van der Waals surface area contributed by atoms with Gasteiger partial charge in [-0.05, 0) is 60.5 Å². The number of hydrogen-bond acceptors (Lipinski definition) is 4. The van der Waals surface area contributed by atoms with Crippen LogP contribution in [-0.4, -0.2) is 35.2 Å². The van der Waals surface area contributed by atoms with Gasteiger partial charge in [0.2, 0.25) is 0 Å². The van der Waals surface area contributed by atoms with Crippen LogP contribution in [0, 0.1) is 5.82 Å². The molecule has 0 fully saturated rings. The molecule has 0 bridgehead atoms. The molecule has 4 aromatic rings. The first kappa shape index (κ1) is 27.4. The fraction of sp³-hybridized carbons (Fsp3) is 0.207. The molecule has 206 valence electrons. The Morgan fingerprint density at radius 3 is 2.58 bits per heavy atom. The van der Waals surface area contributed by atoms with E-state index in [1.54, 1.807) is 49.8 Å². The van der Waals surface area contributed by atoms with Crippen molar-refractivity contribution in [1.29, 1.82) is 0 Å². The average molecular weight is 570 g/mol. The predicted octanol–water partition coefficient (Wildman–Crippen LogP) is 6.90. The second-order valence-electron chi connectivity index (χ2n) is 9.35. The lowest BCUT2D eigenvalue weighted by Crippen LogP contribution is -2.34. The molecule has 6 nitrogen and oxygen atoms in total. The molecule has 0 saturated heterocycles. The Hall–Kier alpha value is -4.18. The molecule has 0 aliphatic carbocycles. The number of aryl methyl sites for hydroxylation is 1. The molecule has 1 aliphatic rings. The number of imidazole rings is 1. The molecule has 1 atom stereocenters. The molecule has 0 spiro atoms. The lowest BCUT2D eigenvalue weighted by atomic mass is 9.91. The van der Waals surface area contributed by atoms with Crippen LogP contribution in [0.1, 0.15) is 45.3 Å². The van der Waals surface area contributed by atoms with E-state index in [-0.39, 0.29) is 22.2 Å². The van der Waals surface area contributed by atoms with Gasteiger partial charge in [-0.1, -0.05) is 23.7 Å². The Bertz CT molecular complexity index is 1550. The normalized spacial score (nSPS) is 15.0. The number of anilines is 1. The SMILES string of the molecule is CN1c2ccc(C(=O)NCCCc3ncc[nH]3)cc2N=C(c2cc(C(F)(F)F)ccc2Cl)C1c1ccc(F)cc1. The highest BCUT2D eigenvalue weighted by atomic mass is 35.5. The van der Waals surface area contributed by atoms with Crippen LogP contribution in [0.15, 0.2) is 78.0 Å². The summed E-state index contributed by atoms with van der Waals surface area (Å²) in [5.74, 6) is 0.0781. The predicted molar refractivity (Wildman–Crippen MR) is 146 cm³/mol. The Balaban J connectivity index is 1.51. The number of aliphatic imine (C=N–C) groups is 1. The van der Waals surface area contributed by atoms with E-state index >= 15 is 0 Å². The van der Waals surface area contributed by atoms with Crippen molar-refractivity contribution in [3.05, 3.63) is 112 Å². The van der Waals surface area contributed by atoms with Crippen molar-refractivity contribution in [2.45, 2.75) is 25.1 Å². The fourth-order valence-electron chi connectivity index (χ4n) is 4.69. The summed E-state index contributed by atoms with van der Waals surface area (Å²) in [6.07, 6.45) is 0.174. The minimum Gasteiger partial charge on any atom is -0.360 e. The highest BCUT2D eigenvalue weighted by molar-refractivity contribution is 6.35. The Kier molecular flexibility index (Phi) is 7.62. The summed E-state index contributed by atoms with van der Waals surface area (Å²) in [5.41, 5.74) is 1.47. The number of nitrogens with zero attached hydrogens (tertiary/aromatic N) is 3. The van der Waals surface area contributed by atoms with Gasteiger partial charge in [0, 0.05) is 48.6 Å². The summed E-state index contributed by atoms with van der Waals surface area (Å²) in [5, 5.41) is 2.96. The van der Waals surface area contributed by atoms with Gasteiger partial charge in [-0.3, -0.25) is 4.79 Å². The molecular formula is C29H24ClF4N5O. The van der Waals surface area contributed by atoms with Crippen LogP contribution in [0.25, 0.3) is 0 Å². The molecule has 40 heavy (non-hydrogen) atoms. The fourth-order valence-corrected chi connectivity index (χ4v) is 4.91. The summed E-state index contributed by atoms with van der Waals surface area (Å²) in [6.45, 7) is 0.428. The number of rotatable bonds is 7. The number of H-pyrrole nitrogens is 1. The first-order valence-corrected chi connectivity index (χ1v) is 12.8. The lowest BCUT2D eigenvalue weighted by Gasteiger charge is -2.36. The van der Waals surface area contributed by atoms with Crippen LogP contribution in [0.4, 0.5) is 28.9 Å². The largest absolute Gasteiger partial charge is 0.416 e. The van der Waals surface area contributed by atoms with Crippen molar-refractivity contribution < 1.29 is 22.4 Å². The molecule has 1 aromatic heterocycles. The maximum absolute atomic E-state index is 13.7. The van der Waals surface area contributed by atoms with Crippen molar-refractivity contribution in [2.75, 3.05) is 18.5 Å². The molecule has 2 heterocycles. The Morgan fingerprint density at radius 2 is 1.88 bits per heavy atom. The van der Waals surface area contributed by atoms with Crippen LogP contribution in [0.2, 0.25) is 5.02 Å². The van der Waals surface area contributed by atoms with Crippen LogP contribution >= 0.6 is 11.6 Å². The van der Waals surface area contributed by atoms with Gasteiger partial charge in [-0.25, -0.2) is 14.4 Å². The standard InChI is InChI=1S/C29H24ClF4N5O/c1-39-24-11-6-18(28(40)37-12-2-3-25-35-13-14-36-25)15-23(24)38-26(27(39)17-4-8-20(31)9-5-17)21-16-19(29(32,33)34)7-10-22(21)30/h4-11,13-16,27H,2-3,12H2,1H3,(H,35,36)(H,37,40). The monoisotopic (exact) mass is 569 g/mol. The molecule has 3 aromatic carbocycles. The molecule has 11 heteroatoms. The number of aromatic amines is 1. The van der Waals surface area contributed by atoms with E-state index < -0.39 is 23.6 Å². The van der Waals surface area contributed by atoms with E-state index in [0.717, 1.165) is 18.0 Å². The zero-order chi connectivity index (χ0) is 28.4. The van der Waals surface area contributed by atoms with Gasteiger partial charge in [0.1, 0.15) is 11.6 Å². The van der Waals surface area contributed by atoms with Gasteiger partial charge in [0.25, 0.3) is 5.91 Å². The number of carbonyl (C=O) groups is 1. The first-order valence-electron chi connectivity index (χ1n) is 12.5. The number of amides is 1. The summed E-state index contributed by atoms with van der Waals surface area (Å²) < 4.78 is 54.6. The number of hydrogen-bond donors (Lipinski definition) is 2. The zero-order valence-corrected chi connectivity index (χ0v) is 22.0. The third-order valence-corrected chi connectivity index (χ3v) is 7.02. The molecule has 0 radical (unpaired) electrons. The van der Waals surface area contributed by atoms with E-state index in [4.69, 9.17) is 16.6 Å². The second kappa shape index (κ2) is 11.1. The van der Waals surface area contributed by atoms with Crippen LogP contribution < -0.4 is 10.2 Å². The van der Waals surface area contributed by atoms with E-state index in [1.807, 2.05) is 4.90 Å². The van der Waals surface area contributed by atoms with Gasteiger partial charge in [0.15, 0.2) is 0 Å². The second-order valence-corrected chi connectivity index (χ2v) is 9.76. The number of nitrogens with one attached hydrogen (secondary N) is 2. The molecule has 5 rings (SSSR count). The van der Waals surface area contributed by atoms with E-state index in [2.05, 4.69) is 15.3 Å². The van der Waals surface area contributed by atoms with Gasteiger partial charge in [0.05, 0.1) is 28.7 Å². The van der Waals surface area contributed by atoms with Crippen LogP contribution in [0.3, 0.4) is 0 Å². The zero-order valence-electron chi connectivity index (χ0n) is 21.3. The van der Waals surface area contributed by atoms with E-state index in [0.29, 0.717) is 41.9 Å². The molecule has 1 aliphatic heterocycles. The van der Waals surface area contributed by atoms with Gasteiger partial charge in [-0.2, -0.15) is 13.2 Å². The minimum atomic E-state index is -4.59. The molecule has 1 amide bonds. The summed E-state index contributed by atoms with van der Waals surface area (Å²) in [7, 11) is 1.76. The first-order chi connectivity index (χ1) is 19.1. The highest BCUT2D eigenvalue weighted by Gasteiger charge is 2.35. The average Bonchev–Trinajstić information content (AvgIpc) is 3.45. The van der Waals surface area contributed by atoms with Gasteiger partial charge in [-0.15, -0.1) is 0 Å². The number of fused-ring (bicyclic) bond motifs is 1. The summed E-state index contributed by atoms with van der Waals surface area (Å²) >= 11 is 6.42. The number of likely N-dealkylation sites (N-methyl/N-ethyl adjacent to an activating group) is 1. The van der Waals surface area contributed by atoms with E-state index in [1.165, 1.54) is 18.2 Å². The third kappa shape index (κ3) is 5.72. The molecular weight excluding hydrogens is 546 g/mol. The topological polar surface area (TPSA) is 73.4 Å². The molecule has 0 saturated carbocycles. The van der Waals surface area contributed by atoms with Crippen molar-refractivity contribution in [3.8, 4) is 0 Å². The third-order valence-electron chi connectivity index (χ3n) is 6.69. The minimum absolute atomic E-state index is 0.0844. The van der Waals surface area contributed by atoms with Crippen LogP contribution in [-0.2, 0) is 12.6 Å². The quantitative estimate of drug-likeness (QED) is 0.188. The van der Waals surface area contributed by atoms with Crippen molar-refractivity contribution in [1.82, 2.24) is 15.3 Å². The number of aromatic nitrogens is 2. The van der Waals surface area contributed by atoms with E-state index in [9.17, 15) is 22.4 Å². The maximum Gasteiger partial charge on any atom is 0.416 e. The number of benzene rings is 3. The highest BCUT2D eigenvalue weighted by Crippen LogP contribution is 2.43. The van der Waals surface area contributed by atoms with Crippen LogP contribution in [0.5, 0.6) is 0 Å².